The molecule has 1 aromatic heterocycles. The molecule has 0 unspecified atom stereocenters. The van der Waals surface area contributed by atoms with Gasteiger partial charge in [0.1, 0.15) is 24.5 Å². The van der Waals surface area contributed by atoms with E-state index in [0.717, 1.165) is 17.4 Å². The van der Waals surface area contributed by atoms with Crippen LogP contribution in [0.3, 0.4) is 0 Å². The van der Waals surface area contributed by atoms with Gasteiger partial charge < -0.3 is 4.74 Å². The summed E-state index contributed by atoms with van der Waals surface area (Å²) in [7, 11) is 2.04. The topological polar surface area (TPSA) is 57.0 Å². The molecule has 2 aromatic rings. The van der Waals surface area contributed by atoms with Crippen molar-refractivity contribution in [3.63, 3.8) is 0 Å². The van der Waals surface area contributed by atoms with Crippen LogP contribution in [0.15, 0.2) is 18.2 Å². The summed E-state index contributed by atoms with van der Waals surface area (Å²) in [5, 5.41) is 7.93. The number of fused-ring (bicyclic) bond motifs is 1. The zero-order chi connectivity index (χ0) is 13.3. The molecule has 0 aliphatic rings. The molecular formula is C12H16BN3O2. The van der Waals surface area contributed by atoms with Crippen molar-refractivity contribution >= 4 is 25.0 Å². The predicted octanol–water partition coefficient (Wildman–Crippen LogP) is 1.35. The minimum atomic E-state index is -0.544. The van der Waals surface area contributed by atoms with Crippen LogP contribution in [0, 0.1) is 0 Å². The average molecular weight is 245 g/mol. The van der Waals surface area contributed by atoms with Crippen molar-refractivity contribution < 1.29 is 9.53 Å². The Balaban J connectivity index is 2.44. The van der Waals surface area contributed by atoms with E-state index in [0.29, 0.717) is 5.52 Å². The number of carbonyl (C=O) groups is 1. The van der Waals surface area contributed by atoms with Gasteiger partial charge in [0.2, 0.25) is 0 Å². The van der Waals surface area contributed by atoms with Gasteiger partial charge in [-0.05, 0) is 32.4 Å². The number of aromatic nitrogens is 3. The number of rotatable bonds is 1. The summed E-state index contributed by atoms with van der Waals surface area (Å²) in [6, 6.07) is 5.69. The quantitative estimate of drug-likeness (QED) is 0.711. The third-order valence-electron chi connectivity index (χ3n) is 2.51. The number of benzene rings is 1. The standard InChI is InChI=1S/C12H16BN3O2/c1-12(2,3)18-11(17)16-9-6-4-5-8(7-13)10(9)14-15-16/h4-6H,7,13H2,1-3H3. The number of ether oxygens (including phenoxy) is 1. The lowest BCUT2D eigenvalue weighted by Crippen LogP contribution is -2.27. The van der Waals surface area contributed by atoms with Gasteiger partial charge in [0, 0.05) is 0 Å². The summed E-state index contributed by atoms with van der Waals surface area (Å²) in [6.07, 6.45) is 0.350. The van der Waals surface area contributed by atoms with Gasteiger partial charge in [-0.25, -0.2) is 4.79 Å². The highest BCUT2D eigenvalue weighted by molar-refractivity contribution is 6.09. The normalized spacial score (nSPS) is 11.7. The first-order valence-electron chi connectivity index (χ1n) is 5.99. The monoisotopic (exact) mass is 245 g/mol. The van der Waals surface area contributed by atoms with Gasteiger partial charge in [0.15, 0.2) is 0 Å². The first-order valence-corrected chi connectivity index (χ1v) is 5.99. The van der Waals surface area contributed by atoms with Crippen LogP contribution in [0.5, 0.6) is 0 Å². The molecule has 0 radical (unpaired) electrons. The molecule has 2 rings (SSSR count). The van der Waals surface area contributed by atoms with Gasteiger partial charge in [0.25, 0.3) is 0 Å². The van der Waals surface area contributed by atoms with Gasteiger partial charge in [0.05, 0.1) is 0 Å². The predicted molar refractivity (Wildman–Crippen MR) is 71.4 cm³/mol. The third kappa shape index (κ3) is 2.37. The summed E-state index contributed by atoms with van der Waals surface area (Å²) in [5.41, 5.74) is 1.97. The maximum absolute atomic E-state index is 12.0. The maximum Gasteiger partial charge on any atom is 0.437 e. The SMILES string of the molecule is BCc1cccc2c1nnn2C(=O)OC(C)(C)C. The van der Waals surface area contributed by atoms with Crippen molar-refractivity contribution in [3.8, 4) is 0 Å². The molecule has 0 aliphatic heterocycles. The smallest absolute Gasteiger partial charge is 0.437 e. The van der Waals surface area contributed by atoms with E-state index in [4.69, 9.17) is 4.74 Å². The van der Waals surface area contributed by atoms with Crippen molar-refractivity contribution in [1.82, 2.24) is 15.0 Å². The highest BCUT2D eigenvalue weighted by Gasteiger charge is 2.21. The highest BCUT2D eigenvalue weighted by atomic mass is 16.6. The summed E-state index contributed by atoms with van der Waals surface area (Å²) in [5.74, 6) is 0. The molecule has 0 saturated carbocycles. The molecule has 0 bridgehead atoms. The second kappa shape index (κ2) is 4.44. The van der Waals surface area contributed by atoms with Crippen LogP contribution in [-0.2, 0) is 11.1 Å². The van der Waals surface area contributed by atoms with E-state index in [1.807, 2.05) is 46.8 Å². The molecule has 1 aromatic carbocycles. The van der Waals surface area contributed by atoms with E-state index in [2.05, 4.69) is 10.3 Å². The molecule has 0 fully saturated rings. The van der Waals surface area contributed by atoms with Gasteiger partial charge >= 0.3 is 6.09 Å². The van der Waals surface area contributed by atoms with E-state index in [1.54, 1.807) is 0 Å². The van der Waals surface area contributed by atoms with Crippen molar-refractivity contribution in [1.29, 1.82) is 0 Å². The molecule has 5 nitrogen and oxygen atoms in total. The summed E-state index contributed by atoms with van der Waals surface area (Å²) in [6.45, 7) is 5.46. The third-order valence-corrected chi connectivity index (χ3v) is 2.51. The van der Waals surface area contributed by atoms with E-state index in [9.17, 15) is 4.79 Å². The van der Waals surface area contributed by atoms with Gasteiger partial charge in [-0.1, -0.05) is 23.7 Å². The average Bonchev–Trinajstić information content (AvgIpc) is 2.69. The first kappa shape index (κ1) is 12.6. The Labute approximate surface area is 107 Å². The number of hydrogen-bond acceptors (Lipinski definition) is 4. The molecule has 0 N–H and O–H groups in total. The summed E-state index contributed by atoms with van der Waals surface area (Å²) in [4.78, 5) is 12.0. The lowest BCUT2D eigenvalue weighted by molar-refractivity contribution is 0.0519. The van der Waals surface area contributed by atoms with Crippen LogP contribution in [0.2, 0.25) is 0 Å². The van der Waals surface area contributed by atoms with Gasteiger partial charge in [-0.15, -0.1) is 9.78 Å². The molecule has 0 saturated heterocycles. The Morgan fingerprint density at radius 3 is 2.78 bits per heavy atom. The molecule has 94 valence electrons. The highest BCUT2D eigenvalue weighted by Crippen LogP contribution is 2.17. The van der Waals surface area contributed by atoms with Crippen molar-refractivity contribution in [3.05, 3.63) is 23.8 Å². The Morgan fingerprint density at radius 1 is 1.44 bits per heavy atom. The second-order valence-electron chi connectivity index (χ2n) is 5.12. The van der Waals surface area contributed by atoms with E-state index in [1.165, 1.54) is 4.68 Å². The number of carbonyl (C=O) groups excluding carboxylic acids is 1. The van der Waals surface area contributed by atoms with Gasteiger partial charge in [-0.2, -0.15) is 0 Å². The fraction of sp³-hybridized carbons (Fsp3) is 0.417. The van der Waals surface area contributed by atoms with Gasteiger partial charge in [-0.3, -0.25) is 0 Å². The minimum Gasteiger partial charge on any atom is -0.442 e. The van der Waals surface area contributed by atoms with Crippen LogP contribution in [0.25, 0.3) is 11.0 Å². The molecule has 1 heterocycles. The van der Waals surface area contributed by atoms with E-state index in [-0.39, 0.29) is 0 Å². The van der Waals surface area contributed by atoms with Crippen molar-refractivity contribution in [2.75, 3.05) is 0 Å². The van der Waals surface area contributed by atoms with E-state index < -0.39 is 11.7 Å². The van der Waals surface area contributed by atoms with E-state index >= 15 is 0 Å². The molecule has 6 heteroatoms. The Bertz CT molecular complexity index is 587. The Kier molecular flexibility index (Phi) is 3.11. The summed E-state index contributed by atoms with van der Waals surface area (Å²) >= 11 is 0. The fourth-order valence-electron chi connectivity index (χ4n) is 1.73. The molecule has 0 spiro atoms. The fourth-order valence-corrected chi connectivity index (χ4v) is 1.73. The molecule has 0 aliphatic carbocycles. The molecule has 0 atom stereocenters. The lowest BCUT2D eigenvalue weighted by atomic mass is 9.96. The van der Waals surface area contributed by atoms with Crippen LogP contribution in [-0.4, -0.2) is 34.5 Å². The Morgan fingerprint density at radius 2 is 2.17 bits per heavy atom. The molecular weight excluding hydrogens is 229 g/mol. The van der Waals surface area contributed by atoms with Crippen LogP contribution in [0.4, 0.5) is 4.79 Å². The van der Waals surface area contributed by atoms with Crippen molar-refractivity contribution in [2.24, 2.45) is 0 Å². The van der Waals surface area contributed by atoms with Crippen molar-refractivity contribution in [2.45, 2.75) is 32.7 Å². The molecule has 0 amide bonds. The number of nitrogens with zero attached hydrogens (tertiary/aromatic N) is 3. The second-order valence-corrected chi connectivity index (χ2v) is 5.12. The molecule has 18 heavy (non-hydrogen) atoms. The lowest BCUT2D eigenvalue weighted by Gasteiger charge is -2.18. The zero-order valence-corrected chi connectivity index (χ0v) is 11.1. The maximum atomic E-state index is 12.0. The number of hydrogen-bond donors (Lipinski definition) is 0. The zero-order valence-electron chi connectivity index (χ0n) is 11.1. The Hall–Kier alpha value is -1.85. The van der Waals surface area contributed by atoms with Crippen LogP contribution >= 0.6 is 0 Å². The minimum absolute atomic E-state index is 0.502. The largest absolute Gasteiger partial charge is 0.442 e. The first-order chi connectivity index (χ1) is 8.42. The van der Waals surface area contributed by atoms with Crippen LogP contribution < -0.4 is 0 Å². The van der Waals surface area contributed by atoms with Crippen LogP contribution in [0.1, 0.15) is 26.3 Å². The summed E-state index contributed by atoms with van der Waals surface area (Å²) < 4.78 is 6.49.